The van der Waals surface area contributed by atoms with Gasteiger partial charge in [-0.1, -0.05) is 0 Å². The molecule has 0 bridgehead atoms. The third-order valence-electron chi connectivity index (χ3n) is 2.13. The first-order valence-electron chi connectivity index (χ1n) is 3.94. The molecule has 1 heterocycles. The minimum Gasteiger partial charge on any atom is -0.306 e. The number of carbonyl (C=O) groups excluding carboxylic acids is 1. The fourth-order valence-electron chi connectivity index (χ4n) is 1.46. The van der Waals surface area contributed by atoms with Crippen molar-refractivity contribution < 1.29 is 4.79 Å². The summed E-state index contributed by atoms with van der Waals surface area (Å²) in [5.74, 6) is 1.45. The van der Waals surface area contributed by atoms with Crippen LogP contribution in [0.5, 0.6) is 0 Å². The van der Waals surface area contributed by atoms with Crippen molar-refractivity contribution in [3.63, 3.8) is 0 Å². The predicted molar refractivity (Wildman–Crippen MR) is 49.0 cm³/mol. The van der Waals surface area contributed by atoms with Crippen LogP contribution in [0.25, 0.3) is 0 Å². The van der Waals surface area contributed by atoms with Gasteiger partial charge >= 0.3 is 0 Å². The third-order valence-corrected chi connectivity index (χ3v) is 2.71. The van der Waals surface area contributed by atoms with Gasteiger partial charge in [0.25, 0.3) is 0 Å². The standard InChI is InChI=1S/C8H15NOS/c1-9-4-3-7(5-9)8(10)6-11-2/h7H,3-6H2,1-2H3. The molecule has 0 spiro atoms. The number of hydrogen-bond acceptors (Lipinski definition) is 3. The monoisotopic (exact) mass is 173 g/mol. The third kappa shape index (κ3) is 2.49. The van der Waals surface area contributed by atoms with E-state index in [1.165, 1.54) is 0 Å². The van der Waals surface area contributed by atoms with Gasteiger partial charge in [-0.05, 0) is 26.3 Å². The van der Waals surface area contributed by atoms with Gasteiger partial charge in [0.1, 0.15) is 5.78 Å². The van der Waals surface area contributed by atoms with Crippen molar-refractivity contribution in [1.29, 1.82) is 0 Å². The van der Waals surface area contributed by atoms with Gasteiger partial charge in [-0.25, -0.2) is 0 Å². The smallest absolute Gasteiger partial charge is 0.147 e. The molecule has 0 aromatic rings. The van der Waals surface area contributed by atoms with Crippen LogP contribution in [0, 0.1) is 5.92 Å². The molecule has 0 aromatic carbocycles. The Morgan fingerprint density at radius 2 is 2.45 bits per heavy atom. The fourth-order valence-corrected chi connectivity index (χ4v) is 1.98. The Bertz CT molecular complexity index is 149. The number of carbonyl (C=O) groups is 1. The Hall–Kier alpha value is -0.0200. The zero-order chi connectivity index (χ0) is 8.27. The Morgan fingerprint density at radius 1 is 1.73 bits per heavy atom. The van der Waals surface area contributed by atoms with Crippen molar-refractivity contribution in [2.75, 3.05) is 32.1 Å². The zero-order valence-electron chi connectivity index (χ0n) is 7.17. The van der Waals surface area contributed by atoms with E-state index in [2.05, 4.69) is 11.9 Å². The molecule has 0 aliphatic carbocycles. The van der Waals surface area contributed by atoms with Crippen molar-refractivity contribution in [3.05, 3.63) is 0 Å². The second kappa shape index (κ2) is 4.12. The summed E-state index contributed by atoms with van der Waals surface area (Å²) in [7, 11) is 2.08. The lowest BCUT2D eigenvalue weighted by molar-refractivity contribution is -0.119. The van der Waals surface area contributed by atoms with E-state index >= 15 is 0 Å². The Balaban J connectivity index is 2.31. The molecule has 3 heteroatoms. The molecule has 0 saturated carbocycles. The number of likely N-dealkylation sites (tertiary alicyclic amines) is 1. The summed E-state index contributed by atoms with van der Waals surface area (Å²) in [5.41, 5.74) is 0. The molecule has 1 unspecified atom stereocenters. The van der Waals surface area contributed by atoms with E-state index in [0.29, 0.717) is 17.5 Å². The number of nitrogens with zero attached hydrogens (tertiary/aromatic N) is 1. The summed E-state index contributed by atoms with van der Waals surface area (Å²) in [4.78, 5) is 13.6. The van der Waals surface area contributed by atoms with Crippen molar-refractivity contribution in [3.8, 4) is 0 Å². The number of hydrogen-bond donors (Lipinski definition) is 0. The maximum Gasteiger partial charge on any atom is 0.147 e. The number of rotatable bonds is 3. The normalized spacial score (nSPS) is 25.8. The highest BCUT2D eigenvalue weighted by atomic mass is 32.2. The van der Waals surface area contributed by atoms with Gasteiger partial charge < -0.3 is 4.90 Å². The molecule has 1 aliphatic heterocycles. The highest BCUT2D eigenvalue weighted by Gasteiger charge is 2.24. The van der Waals surface area contributed by atoms with Gasteiger partial charge in [-0.3, -0.25) is 4.79 Å². The number of thioether (sulfide) groups is 1. The van der Waals surface area contributed by atoms with E-state index in [0.717, 1.165) is 19.5 Å². The molecule has 64 valence electrons. The molecule has 1 atom stereocenters. The van der Waals surface area contributed by atoms with Gasteiger partial charge in [0, 0.05) is 12.5 Å². The summed E-state index contributed by atoms with van der Waals surface area (Å²) >= 11 is 1.63. The average molecular weight is 173 g/mol. The Morgan fingerprint density at radius 3 is 2.91 bits per heavy atom. The van der Waals surface area contributed by atoms with Crippen LogP contribution in [0.1, 0.15) is 6.42 Å². The molecular formula is C8H15NOS. The maximum absolute atomic E-state index is 11.3. The zero-order valence-corrected chi connectivity index (χ0v) is 7.99. The maximum atomic E-state index is 11.3. The Kier molecular flexibility index (Phi) is 3.40. The summed E-state index contributed by atoms with van der Waals surface area (Å²) < 4.78 is 0. The highest BCUT2D eigenvalue weighted by molar-refractivity contribution is 7.99. The molecule has 1 aliphatic rings. The van der Waals surface area contributed by atoms with Crippen LogP contribution >= 0.6 is 11.8 Å². The first-order valence-corrected chi connectivity index (χ1v) is 5.33. The molecule has 1 rings (SSSR count). The van der Waals surface area contributed by atoms with E-state index in [1.54, 1.807) is 11.8 Å². The topological polar surface area (TPSA) is 20.3 Å². The van der Waals surface area contributed by atoms with Crippen LogP contribution in [0.4, 0.5) is 0 Å². The van der Waals surface area contributed by atoms with Gasteiger partial charge in [-0.15, -0.1) is 0 Å². The summed E-state index contributed by atoms with van der Waals surface area (Å²) in [6.45, 7) is 2.06. The van der Waals surface area contributed by atoms with E-state index in [1.807, 2.05) is 6.26 Å². The minimum absolute atomic E-state index is 0.326. The van der Waals surface area contributed by atoms with Crippen molar-refractivity contribution in [2.24, 2.45) is 5.92 Å². The lowest BCUT2D eigenvalue weighted by Crippen LogP contribution is -2.20. The lowest BCUT2D eigenvalue weighted by Gasteiger charge is -2.07. The van der Waals surface area contributed by atoms with E-state index < -0.39 is 0 Å². The van der Waals surface area contributed by atoms with Crippen LogP contribution < -0.4 is 0 Å². The van der Waals surface area contributed by atoms with Gasteiger partial charge in [-0.2, -0.15) is 11.8 Å². The molecule has 0 aromatic heterocycles. The second-order valence-electron chi connectivity index (χ2n) is 3.15. The first kappa shape index (κ1) is 9.07. The van der Waals surface area contributed by atoms with Crippen molar-refractivity contribution >= 4 is 17.5 Å². The summed E-state index contributed by atoms with van der Waals surface area (Å²) in [6, 6.07) is 0. The molecule has 2 nitrogen and oxygen atoms in total. The van der Waals surface area contributed by atoms with Crippen molar-refractivity contribution in [1.82, 2.24) is 4.90 Å². The van der Waals surface area contributed by atoms with Gasteiger partial charge in [0.05, 0.1) is 5.75 Å². The number of ketones is 1. The molecule has 1 fully saturated rings. The first-order chi connectivity index (χ1) is 5.24. The minimum atomic E-state index is 0.326. The molecule has 11 heavy (non-hydrogen) atoms. The van der Waals surface area contributed by atoms with E-state index in [-0.39, 0.29) is 0 Å². The summed E-state index contributed by atoms with van der Waals surface area (Å²) in [5, 5.41) is 0. The molecule has 0 N–H and O–H groups in total. The van der Waals surface area contributed by atoms with Crippen LogP contribution in [0.3, 0.4) is 0 Å². The fraction of sp³-hybridized carbons (Fsp3) is 0.875. The lowest BCUT2D eigenvalue weighted by atomic mass is 10.1. The highest BCUT2D eigenvalue weighted by Crippen LogP contribution is 2.16. The van der Waals surface area contributed by atoms with Gasteiger partial charge in [0.2, 0.25) is 0 Å². The number of Topliss-reactive ketones (excluding diaryl/α,β-unsaturated/α-hetero) is 1. The SMILES string of the molecule is CSCC(=O)C1CCN(C)C1. The van der Waals surface area contributed by atoms with Crippen LogP contribution in [-0.4, -0.2) is 42.8 Å². The van der Waals surface area contributed by atoms with Crippen molar-refractivity contribution in [2.45, 2.75) is 6.42 Å². The van der Waals surface area contributed by atoms with Gasteiger partial charge in [0.15, 0.2) is 0 Å². The molecule has 0 amide bonds. The predicted octanol–water partition coefficient (Wildman–Crippen LogP) is 0.870. The quantitative estimate of drug-likeness (QED) is 0.631. The van der Waals surface area contributed by atoms with E-state index in [4.69, 9.17) is 0 Å². The molecule has 1 saturated heterocycles. The van der Waals surface area contributed by atoms with Crippen LogP contribution in [-0.2, 0) is 4.79 Å². The van der Waals surface area contributed by atoms with Crippen LogP contribution in [0.15, 0.2) is 0 Å². The molecule has 0 radical (unpaired) electrons. The van der Waals surface area contributed by atoms with E-state index in [9.17, 15) is 4.79 Å². The Labute approximate surface area is 72.3 Å². The average Bonchev–Trinajstić information content (AvgIpc) is 2.36. The largest absolute Gasteiger partial charge is 0.306 e. The second-order valence-corrected chi connectivity index (χ2v) is 4.01. The van der Waals surface area contributed by atoms with Crippen LogP contribution in [0.2, 0.25) is 0 Å². The molecular weight excluding hydrogens is 158 g/mol. The summed E-state index contributed by atoms with van der Waals surface area (Å²) in [6.07, 6.45) is 3.05.